The third kappa shape index (κ3) is 6.22. The molecule has 11 heteroatoms. The van der Waals surface area contributed by atoms with Gasteiger partial charge in [-0.3, -0.25) is 23.7 Å². The molecule has 2 aromatic heterocycles. The number of hydrogen-bond acceptors (Lipinski definition) is 7. The molecule has 37 heavy (non-hydrogen) atoms. The van der Waals surface area contributed by atoms with Crippen LogP contribution < -0.4 is 27.0 Å². The van der Waals surface area contributed by atoms with Crippen LogP contribution in [-0.4, -0.2) is 25.0 Å². The molecule has 0 saturated heterocycles. The van der Waals surface area contributed by atoms with Gasteiger partial charge in [-0.2, -0.15) is 0 Å². The van der Waals surface area contributed by atoms with E-state index in [4.69, 9.17) is 22.1 Å². The normalized spacial score (nSPS) is 11.6. The molecule has 0 unspecified atom stereocenters. The van der Waals surface area contributed by atoms with Crippen molar-refractivity contribution in [1.29, 1.82) is 0 Å². The smallest absolute Gasteiger partial charge is 0.332 e. The van der Waals surface area contributed by atoms with Gasteiger partial charge in [-0.15, -0.1) is 0 Å². The Balaban J connectivity index is 1.72. The molecule has 0 spiro atoms. The molecule has 4 rings (SSSR count). The summed E-state index contributed by atoms with van der Waals surface area (Å²) in [5.41, 5.74) is 6.22. The van der Waals surface area contributed by atoms with E-state index in [1.165, 1.54) is 16.8 Å². The lowest BCUT2D eigenvalue weighted by Gasteiger charge is -2.18. The molecule has 2 heterocycles. The van der Waals surface area contributed by atoms with Gasteiger partial charge in [0.1, 0.15) is 11.6 Å². The Bertz CT molecular complexity index is 1550. The summed E-state index contributed by atoms with van der Waals surface area (Å²) < 4.78 is 8.28. The van der Waals surface area contributed by atoms with Crippen molar-refractivity contribution in [2.75, 3.05) is 5.32 Å². The number of carbonyl (C=O) groups is 1. The van der Waals surface area contributed by atoms with E-state index in [-0.39, 0.29) is 18.9 Å². The number of aromatic nitrogens is 4. The summed E-state index contributed by atoms with van der Waals surface area (Å²) in [5.74, 6) is -0.186. The number of hydrogen-bond donors (Lipinski definition) is 2. The molecule has 1 atom stereocenters. The number of nitrogens with two attached hydrogens (primary N) is 1. The standard InChI is InChI=1S/C26H25ClN6O4/c1-16(24(28)35)14-33-23(34)13-22(32(26(33)36)15-18-6-8-19(27)9-7-18)31-20-4-3-5-21(12-20)37-25-17(2)29-10-11-30-25/h3-13,16,31H,14-15H2,1-2H3,(H2,28,35)/t16-/m0/s1. The summed E-state index contributed by atoms with van der Waals surface area (Å²) in [4.78, 5) is 46.3. The van der Waals surface area contributed by atoms with Crippen LogP contribution in [0, 0.1) is 12.8 Å². The van der Waals surface area contributed by atoms with Crippen molar-refractivity contribution in [3.8, 4) is 11.6 Å². The van der Waals surface area contributed by atoms with Crippen molar-refractivity contribution >= 4 is 29.0 Å². The van der Waals surface area contributed by atoms with Crippen LogP contribution >= 0.6 is 11.6 Å². The number of benzene rings is 2. The maximum Gasteiger partial charge on any atom is 0.332 e. The van der Waals surface area contributed by atoms with Crippen molar-refractivity contribution in [2.24, 2.45) is 11.7 Å². The Morgan fingerprint density at radius 2 is 1.81 bits per heavy atom. The van der Waals surface area contributed by atoms with Gasteiger partial charge in [0.2, 0.25) is 11.8 Å². The Labute approximate surface area is 217 Å². The second-order valence-corrected chi connectivity index (χ2v) is 8.92. The number of anilines is 2. The number of carbonyl (C=O) groups excluding carboxylic acids is 1. The molecular formula is C26H25ClN6O4. The largest absolute Gasteiger partial charge is 0.437 e. The number of aryl methyl sites for hydroxylation is 1. The van der Waals surface area contributed by atoms with E-state index in [0.717, 1.165) is 10.1 Å². The Hall–Kier alpha value is -4.44. The zero-order chi connectivity index (χ0) is 26.5. The molecule has 0 aliphatic heterocycles. The van der Waals surface area contributed by atoms with Crippen LogP contribution in [0.25, 0.3) is 0 Å². The summed E-state index contributed by atoms with van der Waals surface area (Å²) in [6.07, 6.45) is 3.11. The first kappa shape index (κ1) is 25.6. The van der Waals surface area contributed by atoms with Gasteiger partial charge in [0.25, 0.3) is 5.56 Å². The molecule has 190 valence electrons. The Morgan fingerprint density at radius 3 is 2.51 bits per heavy atom. The average molecular weight is 521 g/mol. The van der Waals surface area contributed by atoms with Gasteiger partial charge < -0.3 is 15.8 Å². The quantitative estimate of drug-likeness (QED) is 0.345. The van der Waals surface area contributed by atoms with E-state index in [1.54, 1.807) is 68.6 Å². The number of nitrogens with zero attached hydrogens (tertiary/aromatic N) is 4. The third-order valence-corrected chi connectivity index (χ3v) is 5.88. The zero-order valence-electron chi connectivity index (χ0n) is 20.2. The molecule has 3 N–H and O–H groups in total. The van der Waals surface area contributed by atoms with E-state index < -0.39 is 23.1 Å². The molecule has 0 bridgehead atoms. The van der Waals surface area contributed by atoms with Gasteiger partial charge in [0.05, 0.1) is 18.2 Å². The van der Waals surface area contributed by atoms with E-state index in [2.05, 4.69) is 15.3 Å². The number of amides is 1. The summed E-state index contributed by atoms with van der Waals surface area (Å²) in [6.45, 7) is 3.37. The maximum atomic E-state index is 13.4. The highest BCUT2D eigenvalue weighted by atomic mass is 35.5. The molecule has 2 aromatic carbocycles. The van der Waals surface area contributed by atoms with Crippen LogP contribution in [0.2, 0.25) is 5.02 Å². The lowest BCUT2D eigenvalue weighted by molar-refractivity contribution is -0.121. The minimum atomic E-state index is -0.702. The van der Waals surface area contributed by atoms with Crippen LogP contribution in [0.4, 0.5) is 11.5 Å². The van der Waals surface area contributed by atoms with Crippen LogP contribution in [-0.2, 0) is 17.9 Å². The van der Waals surface area contributed by atoms with E-state index in [9.17, 15) is 14.4 Å². The Kier molecular flexibility index (Phi) is 7.69. The molecule has 0 aliphatic rings. The van der Waals surface area contributed by atoms with Crippen molar-refractivity contribution in [3.05, 3.63) is 104 Å². The third-order valence-electron chi connectivity index (χ3n) is 5.63. The van der Waals surface area contributed by atoms with E-state index in [1.807, 2.05) is 0 Å². The zero-order valence-corrected chi connectivity index (χ0v) is 21.0. The van der Waals surface area contributed by atoms with Crippen LogP contribution in [0.15, 0.2) is 76.6 Å². The van der Waals surface area contributed by atoms with Crippen molar-refractivity contribution in [1.82, 2.24) is 19.1 Å². The van der Waals surface area contributed by atoms with Crippen LogP contribution in [0.3, 0.4) is 0 Å². The molecule has 0 fully saturated rings. The highest BCUT2D eigenvalue weighted by Crippen LogP contribution is 2.25. The molecular weight excluding hydrogens is 496 g/mol. The van der Waals surface area contributed by atoms with Crippen LogP contribution in [0.5, 0.6) is 11.6 Å². The highest BCUT2D eigenvalue weighted by Gasteiger charge is 2.17. The lowest BCUT2D eigenvalue weighted by atomic mass is 10.1. The fraction of sp³-hybridized carbons (Fsp3) is 0.192. The predicted molar refractivity (Wildman–Crippen MR) is 140 cm³/mol. The fourth-order valence-electron chi connectivity index (χ4n) is 3.57. The monoisotopic (exact) mass is 520 g/mol. The van der Waals surface area contributed by atoms with E-state index >= 15 is 0 Å². The van der Waals surface area contributed by atoms with Crippen LogP contribution in [0.1, 0.15) is 18.2 Å². The summed E-state index contributed by atoms with van der Waals surface area (Å²) in [5, 5.41) is 3.71. The fourth-order valence-corrected chi connectivity index (χ4v) is 3.69. The first-order chi connectivity index (χ1) is 17.7. The number of nitrogens with one attached hydrogen (secondary N) is 1. The Morgan fingerprint density at radius 1 is 1.08 bits per heavy atom. The highest BCUT2D eigenvalue weighted by molar-refractivity contribution is 6.30. The number of rotatable bonds is 9. The SMILES string of the molecule is Cc1nccnc1Oc1cccc(Nc2cc(=O)n(C[C@H](C)C(N)=O)c(=O)n2Cc2ccc(Cl)cc2)c1. The summed E-state index contributed by atoms with van der Waals surface area (Å²) in [6, 6.07) is 15.3. The molecule has 0 radical (unpaired) electrons. The number of primary amides is 1. The summed E-state index contributed by atoms with van der Waals surface area (Å²) >= 11 is 6.01. The van der Waals surface area contributed by atoms with Gasteiger partial charge >= 0.3 is 5.69 Å². The topological polar surface area (TPSA) is 134 Å². The second kappa shape index (κ2) is 11.1. The maximum absolute atomic E-state index is 13.4. The molecule has 0 saturated carbocycles. The van der Waals surface area contributed by atoms with E-state index in [0.29, 0.717) is 28.0 Å². The molecule has 0 aliphatic carbocycles. The van der Waals surface area contributed by atoms with Crippen molar-refractivity contribution in [3.63, 3.8) is 0 Å². The van der Waals surface area contributed by atoms with Gasteiger partial charge in [0, 0.05) is 41.8 Å². The molecule has 10 nitrogen and oxygen atoms in total. The van der Waals surface area contributed by atoms with Gasteiger partial charge in [-0.1, -0.05) is 36.7 Å². The predicted octanol–water partition coefficient (Wildman–Crippen LogP) is 3.47. The summed E-state index contributed by atoms with van der Waals surface area (Å²) in [7, 11) is 0. The molecule has 4 aromatic rings. The van der Waals surface area contributed by atoms with Gasteiger partial charge in [0.15, 0.2) is 0 Å². The first-order valence-electron chi connectivity index (χ1n) is 11.4. The minimum absolute atomic E-state index is 0.130. The lowest BCUT2D eigenvalue weighted by Crippen LogP contribution is -2.43. The van der Waals surface area contributed by atoms with Crippen molar-refractivity contribution in [2.45, 2.75) is 26.9 Å². The molecule has 1 amide bonds. The minimum Gasteiger partial charge on any atom is -0.437 e. The number of halogens is 1. The van der Waals surface area contributed by atoms with Crippen molar-refractivity contribution < 1.29 is 9.53 Å². The van der Waals surface area contributed by atoms with Gasteiger partial charge in [-0.05, 0) is 36.8 Å². The second-order valence-electron chi connectivity index (χ2n) is 8.48. The van der Waals surface area contributed by atoms with Gasteiger partial charge in [-0.25, -0.2) is 9.78 Å². The average Bonchev–Trinajstić information content (AvgIpc) is 2.87. The first-order valence-corrected chi connectivity index (χ1v) is 11.8. The number of ether oxygens (including phenoxy) is 1.